The maximum atomic E-state index is 13.0. The van der Waals surface area contributed by atoms with Gasteiger partial charge in [0.1, 0.15) is 5.82 Å². The molecule has 0 spiro atoms. The number of carbonyl (C=O) groups excluding carboxylic acids is 1. The summed E-state index contributed by atoms with van der Waals surface area (Å²) in [6.07, 6.45) is -0.206. The highest BCUT2D eigenvalue weighted by Crippen LogP contribution is 2.16. The highest BCUT2D eigenvalue weighted by atomic mass is 79.9. The molecule has 1 aromatic rings. The van der Waals surface area contributed by atoms with Crippen molar-refractivity contribution in [3.63, 3.8) is 0 Å². The Morgan fingerprint density at radius 2 is 2.22 bits per heavy atom. The van der Waals surface area contributed by atoms with Crippen LogP contribution in [0.15, 0.2) is 22.7 Å². The molecule has 1 atom stereocenters. The van der Waals surface area contributed by atoms with Gasteiger partial charge in [0, 0.05) is 26.3 Å². The molecule has 0 radical (unpaired) electrons. The van der Waals surface area contributed by atoms with Gasteiger partial charge in [-0.05, 0) is 34.1 Å². The fraction of sp³-hybridized carbons (Fsp3) is 0.417. The average molecular weight is 320 g/mol. The minimum atomic E-state index is -0.402. The zero-order valence-electron chi connectivity index (χ0n) is 10.2. The number of halogens is 2. The molecule has 1 aromatic carbocycles. The van der Waals surface area contributed by atoms with Crippen molar-refractivity contribution in [2.24, 2.45) is 0 Å². The van der Waals surface area contributed by atoms with E-state index in [0.29, 0.717) is 18.7 Å². The quantitative estimate of drug-likeness (QED) is 0.872. The Morgan fingerprint density at radius 3 is 2.78 bits per heavy atom. The van der Waals surface area contributed by atoms with Crippen molar-refractivity contribution in [1.82, 2.24) is 5.32 Å². The summed E-state index contributed by atoms with van der Waals surface area (Å²) in [5.74, 6) is -0.686. The second-order valence-electron chi connectivity index (χ2n) is 3.65. The van der Waals surface area contributed by atoms with E-state index in [1.807, 2.05) is 0 Å². The second-order valence-corrected chi connectivity index (χ2v) is 4.51. The molecule has 6 heteroatoms. The van der Waals surface area contributed by atoms with Gasteiger partial charge in [0.15, 0.2) is 0 Å². The number of hydrogen-bond donors (Lipinski definition) is 1. The molecule has 4 nitrogen and oxygen atoms in total. The second kappa shape index (κ2) is 7.45. The lowest BCUT2D eigenvalue weighted by Gasteiger charge is -2.15. The lowest BCUT2D eigenvalue weighted by atomic mass is 10.2. The van der Waals surface area contributed by atoms with Crippen LogP contribution < -0.4 is 5.32 Å². The third-order valence-corrected chi connectivity index (χ3v) is 2.97. The van der Waals surface area contributed by atoms with Gasteiger partial charge in [-0.3, -0.25) is 4.79 Å². The minimum Gasteiger partial charge on any atom is -0.382 e. The molecule has 0 fully saturated rings. The van der Waals surface area contributed by atoms with E-state index in [-0.39, 0.29) is 16.5 Å². The summed E-state index contributed by atoms with van der Waals surface area (Å²) in [6.45, 7) is 0.724. The molecule has 1 unspecified atom stereocenters. The first-order chi connectivity index (χ1) is 8.58. The fourth-order valence-electron chi connectivity index (χ4n) is 1.34. The molecule has 18 heavy (non-hydrogen) atoms. The van der Waals surface area contributed by atoms with Crippen LogP contribution in [0.2, 0.25) is 0 Å². The Bertz CT molecular complexity index is 414. The number of benzene rings is 1. The van der Waals surface area contributed by atoms with Crippen LogP contribution in [0.4, 0.5) is 4.39 Å². The highest BCUT2D eigenvalue weighted by molar-refractivity contribution is 9.10. The SMILES string of the molecule is COCC(CNC(=O)c1ccc(F)c(Br)c1)OC. The van der Waals surface area contributed by atoms with Crippen molar-refractivity contribution < 1.29 is 18.7 Å². The highest BCUT2D eigenvalue weighted by Gasteiger charge is 2.11. The Kier molecular flexibility index (Phi) is 6.24. The zero-order chi connectivity index (χ0) is 13.5. The summed E-state index contributed by atoms with van der Waals surface area (Å²) in [7, 11) is 3.11. The standard InChI is InChI=1S/C12H15BrFNO3/c1-17-7-9(18-2)6-15-12(16)8-3-4-11(14)10(13)5-8/h3-5,9H,6-7H2,1-2H3,(H,15,16). The fourth-order valence-corrected chi connectivity index (χ4v) is 1.72. The third kappa shape index (κ3) is 4.36. The van der Waals surface area contributed by atoms with Gasteiger partial charge >= 0.3 is 0 Å². The summed E-state index contributed by atoms with van der Waals surface area (Å²) in [6, 6.07) is 4.10. The lowest BCUT2D eigenvalue weighted by Crippen LogP contribution is -2.35. The molecule has 0 saturated heterocycles. The van der Waals surface area contributed by atoms with Crippen molar-refractivity contribution in [3.05, 3.63) is 34.1 Å². The first kappa shape index (κ1) is 15.1. The number of methoxy groups -OCH3 is 2. The zero-order valence-corrected chi connectivity index (χ0v) is 11.8. The van der Waals surface area contributed by atoms with Crippen LogP contribution in [-0.4, -0.2) is 39.4 Å². The van der Waals surface area contributed by atoms with Crippen LogP contribution in [0.3, 0.4) is 0 Å². The first-order valence-corrected chi connectivity index (χ1v) is 6.12. The molecule has 0 aromatic heterocycles. The van der Waals surface area contributed by atoms with Crippen LogP contribution in [-0.2, 0) is 9.47 Å². The normalized spacial score (nSPS) is 12.2. The van der Waals surface area contributed by atoms with Crippen molar-refractivity contribution >= 4 is 21.8 Å². The molecule has 100 valence electrons. The summed E-state index contributed by atoms with van der Waals surface area (Å²) >= 11 is 3.03. The van der Waals surface area contributed by atoms with Crippen LogP contribution in [0, 0.1) is 5.82 Å². The maximum absolute atomic E-state index is 13.0. The van der Waals surface area contributed by atoms with E-state index in [9.17, 15) is 9.18 Å². The molecular formula is C12H15BrFNO3. The number of rotatable bonds is 6. The van der Waals surface area contributed by atoms with Crippen LogP contribution >= 0.6 is 15.9 Å². The van der Waals surface area contributed by atoms with Crippen LogP contribution in [0.5, 0.6) is 0 Å². The Hall–Kier alpha value is -0.980. The number of nitrogens with one attached hydrogen (secondary N) is 1. The van der Waals surface area contributed by atoms with Crippen molar-refractivity contribution in [2.45, 2.75) is 6.10 Å². The van der Waals surface area contributed by atoms with E-state index in [0.717, 1.165) is 0 Å². The van der Waals surface area contributed by atoms with E-state index in [4.69, 9.17) is 9.47 Å². The molecular weight excluding hydrogens is 305 g/mol. The summed E-state index contributed by atoms with van der Waals surface area (Å²) in [4.78, 5) is 11.8. The summed E-state index contributed by atoms with van der Waals surface area (Å²) in [5.41, 5.74) is 0.385. The predicted molar refractivity (Wildman–Crippen MR) is 69.1 cm³/mol. The van der Waals surface area contributed by atoms with Crippen molar-refractivity contribution in [1.29, 1.82) is 0 Å². The van der Waals surface area contributed by atoms with E-state index in [1.54, 1.807) is 14.2 Å². The van der Waals surface area contributed by atoms with Gasteiger partial charge < -0.3 is 14.8 Å². The van der Waals surface area contributed by atoms with Crippen LogP contribution in [0.1, 0.15) is 10.4 Å². The number of hydrogen-bond acceptors (Lipinski definition) is 3. The van der Waals surface area contributed by atoms with E-state index >= 15 is 0 Å². The smallest absolute Gasteiger partial charge is 0.251 e. The summed E-state index contributed by atoms with van der Waals surface area (Å²) < 4.78 is 23.3. The molecule has 1 rings (SSSR count). The van der Waals surface area contributed by atoms with Crippen molar-refractivity contribution in [3.8, 4) is 0 Å². The number of amides is 1. The van der Waals surface area contributed by atoms with Gasteiger partial charge in [0.2, 0.25) is 0 Å². The largest absolute Gasteiger partial charge is 0.382 e. The maximum Gasteiger partial charge on any atom is 0.251 e. The van der Waals surface area contributed by atoms with E-state index in [2.05, 4.69) is 21.2 Å². The number of carbonyl (C=O) groups is 1. The molecule has 0 aliphatic rings. The van der Waals surface area contributed by atoms with E-state index in [1.165, 1.54) is 18.2 Å². The van der Waals surface area contributed by atoms with Gasteiger partial charge in [-0.2, -0.15) is 0 Å². The molecule has 0 aliphatic carbocycles. The van der Waals surface area contributed by atoms with Gasteiger partial charge in [-0.25, -0.2) is 4.39 Å². The summed E-state index contributed by atoms with van der Waals surface area (Å²) in [5, 5.41) is 2.69. The number of ether oxygens (including phenoxy) is 2. The van der Waals surface area contributed by atoms with Gasteiger partial charge in [0.25, 0.3) is 5.91 Å². The van der Waals surface area contributed by atoms with Crippen LogP contribution in [0.25, 0.3) is 0 Å². The average Bonchev–Trinajstić information content (AvgIpc) is 2.37. The van der Waals surface area contributed by atoms with Gasteiger partial charge in [-0.15, -0.1) is 0 Å². The topological polar surface area (TPSA) is 47.6 Å². The Labute approximate surface area is 114 Å². The molecule has 1 N–H and O–H groups in total. The monoisotopic (exact) mass is 319 g/mol. The van der Waals surface area contributed by atoms with Gasteiger partial charge in [0.05, 0.1) is 17.2 Å². The minimum absolute atomic E-state index is 0.206. The lowest BCUT2D eigenvalue weighted by molar-refractivity contribution is 0.0285. The molecule has 1 amide bonds. The Morgan fingerprint density at radius 1 is 1.50 bits per heavy atom. The molecule has 0 heterocycles. The molecule has 0 saturated carbocycles. The predicted octanol–water partition coefficient (Wildman–Crippen LogP) is 1.98. The third-order valence-electron chi connectivity index (χ3n) is 2.36. The molecule has 0 aliphatic heterocycles. The first-order valence-electron chi connectivity index (χ1n) is 5.33. The van der Waals surface area contributed by atoms with Gasteiger partial charge in [-0.1, -0.05) is 0 Å². The van der Waals surface area contributed by atoms with Crippen molar-refractivity contribution in [2.75, 3.05) is 27.4 Å². The molecule has 0 bridgehead atoms. The Balaban J connectivity index is 2.57. The van der Waals surface area contributed by atoms with E-state index < -0.39 is 5.82 Å².